The van der Waals surface area contributed by atoms with Gasteiger partial charge in [-0.05, 0) is 12.1 Å². The van der Waals surface area contributed by atoms with E-state index < -0.39 is 0 Å². The summed E-state index contributed by atoms with van der Waals surface area (Å²) in [7, 11) is 3.90. The number of pyridine rings is 1. The highest BCUT2D eigenvalue weighted by molar-refractivity contribution is 7.80. The lowest BCUT2D eigenvalue weighted by molar-refractivity contribution is 1.04. The van der Waals surface area contributed by atoms with E-state index in [1.165, 1.54) is 0 Å². The second kappa shape index (κ2) is 2.84. The molecule has 1 rings (SSSR count). The molecule has 0 saturated carbocycles. The molecule has 0 saturated heterocycles. The van der Waals surface area contributed by atoms with Crippen molar-refractivity contribution in [2.45, 2.75) is 5.03 Å². The number of rotatable bonds is 1. The van der Waals surface area contributed by atoms with Crippen LogP contribution in [0.15, 0.2) is 23.4 Å². The molecule has 0 aromatic carbocycles. The molecule has 0 spiro atoms. The van der Waals surface area contributed by atoms with Gasteiger partial charge in [0.2, 0.25) is 0 Å². The summed E-state index contributed by atoms with van der Waals surface area (Å²) in [4.78, 5) is 5.93. The Morgan fingerprint density at radius 3 is 2.60 bits per heavy atom. The Balaban J connectivity index is 3.03. The first-order chi connectivity index (χ1) is 4.72. The fourth-order valence-electron chi connectivity index (χ4n) is 0.723. The highest BCUT2D eigenvalue weighted by atomic mass is 32.1. The van der Waals surface area contributed by atoms with Crippen LogP contribution in [-0.2, 0) is 0 Å². The minimum absolute atomic E-state index is 0.660. The highest BCUT2D eigenvalue weighted by Gasteiger charge is 1.99. The number of nitrogens with zero attached hydrogens (tertiary/aromatic N) is 2. The van der Waals surface area contributed by atoms with Crippen molar-refractivity contribution in [3.63, 3.8) is 0 Å². The molecule has 10 heavy (non-hydrogen) atoms. The second-order valence-electron chi connectivity index (χ2n) is 2.22. The average Bonchev–Trinajstić information content (AvgIpc) is 1.88. The van der Waals surface area contributed by atoms with Gasteiger partial charge in [-0.1, -0.05) is 12.6 Å². The third-order valence-electron chi connectivity index (χ3n) is 1.23. The van der Waals surface area contributed by atoms with Crippen LogP contribution in [0.3, 0.4) is 0 Å². The van der Waals surface area contributed by atoms with Gasteiger partial charge in [0.25, 0.3) is 0 Å². The molecule has 3 heteroatoms. The Labute approximate surface area is 66.3 Å². The van der Waals surface area contributed by atoms with E-state index >= 15 is 0 Å². The summed E-state index contributed by atoms with van der Waals surface area (Å²) >= 11 is 4.98. The Morgan fingerprint density at radius 1 is 1.50 bits per heavy atom. The van der Waals surface area contributed by atoms with Gasteiger partial charge < -0.3 is 4.90 Å². The number of hydrogen-bond acceptors (Lipinski definition) is 2. The normalized spacial score (nSPS) is 9.40. The van der Waals surface area contributed by atoms with Crippen molar-refractivity contribution in [3.8, 4) is 0 Å². The lowest BCUT2D eigenvalue weighted by Gasteiger charge is -2.12. The molecule has 1 heterocycles. The summed E-state index contributed by atoms with van der Waals surface area (Å²) in [5.74, 6) is 0. The molecular formula is C7H9N2S. The Hall–Kier alpha value is -0.830. The standard InChI is InChI=1S/C7H9N2S/c1-9(2)6-4-3-5-8-7(6)10/h3-5H,1-2H3. The summed E-state index contributed by atoms with van der Waals surface area (Å²) in [5.41, 5.74) is 0.998. The summed E-state index contributed by atoms with van der Waals surface area (Å²) < 4.78 is 0. The van der Waals surface area contributed by atoms with Crippen molar-refractivity contribution in [1.82, 2.24) is 4.98 Å². The molecule has 0 amide bonds. The van der Waals surface area contributed by atoms with E-state index in [9.17, 15) is 0 Å². The molecule has 1 radical (unpaired) electrons. The summed E-state index contributed by atoms with van der Waals surface area (Å²) in [5, 5.41) is 0.660. The van der Waals surface area contributed by atoms with E-state index in [-0.39, 0.29) is 0 Å². The third-order valence-corrected chi connectivity index (χ3v) is 1.55. The molecule has 0 bridgehead atoms. The maximum atomic E-state index is 4.98. The van der Waals surface area contributed by atoms with E-state index in [2.05, 4.69) is 4.98 Å². The van der Waals surface area contributed by atoms with Gasteiger partial charge in [0.05, 0.1) is 5.69 Å². The van der Waals surface area contributed by atoms with E-state index in [1.54, 1.807) is 6.20 Å². The van der Waals surface area contributed by atoms with Crippen molar-refractivity contribution < 1.29 is 0 Å². The molecule has 2 nitrogen and oxygen atoms in total. The topological polar surface area (TPSA) is 16.1 Å². The summed E-state index contributed by atoms with van der Waals surface area (Å²) in [6.07, 6.45) is 1.70. The van der Waals surface area contributed by atoms with Gasteiger partial charge >= 0.3 is 0 Å². The van der Waals surface area contributed by atoms with Crippen LogP contribution in [0.4, 0.5) is 5.69 Å². The fourth-order valence-corrected chi connectivity index (χ4v) is 1.03. The number of anilines is 1. The van der Waals surface area contributed by atoms with Gasteiger partial charge in [-0.25, -0.2) is 4.98 Å². The molecule has 0 aliphatic carbocycles. The largest absolute Gasteiger partial charge is 0.375 e. The average molecular weight is 153 g/mol. The smallest absolute Gasteiger partial charge is 0.149 e. The highest BCUT2D eigenvalue weighted by Crippen LogP contribution is 2.17. The monoisotopic (exact) mass is 153 g/mol. The molecule has 0 N–H and O–H groups in total. The molecule has 0 atom stereocenters. The Kier molecular flexibility index (Phi) is 2.06. The van der Waals surface area contributed by atoms with Crippen LogP contribution >= 0.6 is 12.6 Å². The van der Waals surface area contributed by atoms with Crippen LogP contribution in [0, 0.1) is 0 Å². The maximum absolute atomic E-state index is 4.98. The van der Waals surface area contributed by atoms with E-state index in [0.717, 1.165) is 5.69 Å². The van der Waals surface area contributed by atoms with Gasteiger partial charge in [0.1, 0.15) is 5.03 Å². The third kappa shape index (κ3) is 1.36. The van der Waals surface area contributed by atoms with Crippen LogP contribution in [0.5, 0.6) is 0 Å². The lowest BCUT2D eigenvalue weighted by atomic mass is 10.4. The van der Waals surface area contributed by atoms with Crippen LogP contribution < -0.4 is 4.90 Å². The predicted octanol–water partition coefficient (Wildman–Crippen LogP) is 1.70. The number of aromatic nitrogens is 1. The first-order valence-electron chi connectivity index (χ1n) is 3.01. The van der Waals surface area contributed by atoms with Crippen molar-refractivity contribution in [2.24, 2.45) is 0 Å². The fraction of sp³-hybridized carbons (Fsp3) is 0.286. The lowest BCUT2D eigenvalue weighted by Crippen LogP contribution is -2.09. The molecule has 0 aliphatic rings. The van der Waals surface area contributed by atoms with E-state index in [0.29, 0.717) is 5.03 Å². The second-order valence-corrected chi connectivity index (χ2v) is 2.61. The molecule has 53 valence electrons. The molecule has 0 aliphatic heterocycles. The molecule has 1 aromatic rings. The minimum atomic E-state index is 0.660. The predicted molar refractivity (Wildman–Crippen MR) is 44.4 cm³/mol. The Bertz CT molecular complexity index is 223. The van der Waals surface area contributed by atoms with Gasteiger partial charge in [0.15, 0.2) is 0 Å². The summed E-state index contributed by atoms with van der Waals surface area (Å²) in [6.45, 7) is 0. The zero-order valence-corrected chi connectivity index (χ0v) is 6.85. The van der Waals surface area contributed by atoms with Crippen molar-refractivity contribution >= 4 is 18.3 Å². The van der Waals surface area contributed by atoms with E-state index in [1.807, 2.05) is 31.1 Å². The molecule has 1 aromatic heterocycles. The quantitative estimate of drug-likeness (QED) is 0.610. The summed E-state index contributed by atoms with van der Waals surface area (Å²) in [6, 6.07) is 3.83. The van der Waals surface area contributed by atoms with Crippen LogP contribution in [0.1, 0.15) is 0 Å². The Morgan fingerprint density at radius 2 is 2.20 bits per heavy atom. The van der Waals surface area contributed by atoms with E-state index in [4.69, 9.17) is 12.6 Å². The minimum Gasteiger partial charge on any atom is -0.375 e. The van der Waals surface area contributed by atoms with Gasteiger partial charge in [-0.3, -0.25) is 0 Å². The zero-order chi connectivity index (χ0) is 7.56. The molecular weight excluding hydrogens is 144 g/mol. The van der Waals surface area contributed by atoms with Gasteiger partial charge in [-0.15, -0.1) is 0 Å². The molecule has 0 unspecified atom stereocenters. The van der Waals surface area contributed by atoms with Crippen molar-refractivity contribution in [1.29, 1.82) is 0 Å². The first kappa shape index (κ1) is 7.28. The van der Waals surface area contributed by atoms with Crippen LogP contribution in [0.25, 0.3) is 0 Å². The first-order valence-corrected chi connectivity index (χ1v) is 3.42. The van der Waals surface area contributed by atoms with Gasteiger partial charge in [-0.2, -0.15) is 0 Å². The van der Waals surface area contributed by atoms with Crippen LogP contribution in [-0.4, -0.2) is 19.1 Å². The maximum Gasteiger partial charge on any atom is 0.149 e. The molecule has 0 fully saturated rings. The zero-order valence-electron chi connectivity index (χ0n) is 6.03. The van der Waals surface area contributed by atoms with Crippen molar-refractivity contribution in [3.05, 3.63) is 18.3 Å². The number of hydrogen-bond donors (Lipinski definition) is 0. The van der Waals surface area contributed by atoms with Crippen molar-refractivity contribution in [2.75, 3.05) is 19.0 Å². The van der Waals surface area contributed by atoms with Crippen LogP contribution in [0.2, 0.25) is 0 Å². The van der Waals surface area contributed by atoms with Gasteiger partial charge in [0, 0.05) is 20.3 Å². The SMILES string of the molecule is CN(C)c1cccnc1[S].